The molecule has 206 valence electrons. The van der Waals surface area contributed by atoms with Gasteiger partial charge in [-0.3, -0.25) is 9.59 Å². The summed E-state index contributed by atoms with van der Waals surface area (Å²) in [4.78, 5) is 24.0. The molecule has 0 aromatic rings. The van der Waals surface area contributed by atoms with Gasteiger partial charge in [0.05, 0.1) is 11.8 Å². The third-order valence-corrected chi connectivity index (χ3v) is 7.95. The van der Waals surface area contributed by atoms with Gasteiger partial charge < -0.3 is 9.84 Å². The maximum absolute atomic E-state index is 12.8. The van der Waals surface area contributed by atoms with E-state index in [2.05, 4.69) is 13.8 Å². The van der Waals surface area contributed by atoms with Gasteiger partial charge in [0.15, 0.2) is 0 Å². The SMILES string of the molecule is CCCCCCCCCCCCC(CCCCCCCCCC)OC(=O)C1CCC(C(=O)O)CC1. The zero-order valence-electron chi connectivity index (χ0n) is 23.4. The van der Waals surface area contributed by atoms with Crippen molar-refractivity contribution in [3.8, 4) is 0 Å². The fourth-order valence-corrected chi connectivity index (χ4v) is 5.46. The Morgan fingerprint density at radius 2 is 0.943 bits per heavy atom. The van der Waals surface area contributed by atoms with Gasteiger partial charge >= 0.3 is 11.9 Å². The lowest BCUT2D eigenvalue weighted by Crippen LogP contribution is -2.29. The van der Waals surface area contributed by atoms with Crippen LogP contribution in [0.2, 0.25) is 0 Å². The summed E-state index contributed by atoms with van der Waals surface area (Å²) < 4.78 is 6.04. The van der Waals surface area contributed by atoms with Gasteiger partial charge in [-0.2, -0.15) is 0 Å². The molecule has 1 aliphatic carbocycles. The molecule has 0 heterocycles. The van der Waals surface area contributed by atoms with Crippen LogP contribution in [0.1, 0.15) is 168 Å². The number of carbonyl (C=O) groups is 2. The third kappa shape index (κ3) is 17.1. The number of aliphatic carboxylic acids is 1. The molecule has 0 bridgehead atoms. The summed E-state index contributed by atoms with van der Waals surface area (Å²) in [5.74, 6) is -1.16. The molecule has 1 saturated carbocycles. The van der Waals surface area contributed by atoms with Crippen LogP contribution in [-0.4, -0.2) is 23.1 Å². The van der Waals surface area contributed by atoms with Crippen LogP contribution in [0.15, 0.2) is 0 Å². The molecule has 0 aromatic carbocycles. The standard InChI is InChI=1S/C31H58O4/c1-3-5-7-9-11-13-14-16-18-20-22-29(21-19-17-15-12-10-8-6-4-2)35-31(34)28-25-23-27(24-26-28)30(32)33/h27-29H,3-26H2,1-2H3,(H,32,33). The zero-order chi connectivity index (χ0) is 25.6. The molecule has 0 aliphatic heterocycles. The molecular weight excluding hydrogens is 436 g/mol. The molecule has 1 aliphatic rings. The van der Waals surface area contributed by atoms with Crippen LogP contribution >= 0.6 is 0 Å². The third-order valence-electron chi connectivity index (χ3n) is 7.95. The Morgan fingerprint density at radius 3 is 1.31 bits per heavy atom. The average molecular weight is 495 g/mol. The molecule has 1 rings (SSSR count). The zero-order valence-corrected chi connectivity index (χ0v) is 23.4. The number of esters is 1. The van der Waals surface area contributed by atoms with Crippen molar-refractivity contribution in [3.63, 3.8) is 0 Å². The lowest BCUT2D eigenvalue weighted by molar-refractivity contribution is -0.158. The first-order chi connectivity index (χ1) is 17.1. The van der Waals surface area contributed by atoms with Gasteiger partial charge in [0.1, 0.15) is 6.10 Å². The summed E-state index contributed by atoms with van der Waals surface area (Å²) in [6, 6.07) is 0. The number of carboxylic acid groups (broad SMARTS) is 1. The summed E-state index contributed by atoms with van der Waals surface area (Å²) in [6.07, 6.45) is 28.2. The molecule has 0 aromatic heterocycles. The van der Waals surface area contributed by atoms with Crippen molar-refractivity contribution >= 4 is 11.9 Å². The van der Waals surface area contributed by atoms with Crippen molar-refractivity contribution < 1.29 is 19.4 Å². The second kappa shape index (κ2) is 22.2. The first kappa shape index (κ1) is 32.0. The Kier molecular flexibility index (Phi) is 20.2. The number of unbranched alkanes of at least 4 members (excludes halogenated alkanes) is 16. The number of rotatable bonds is 23. The minimum atomic E-state index is -0.717. The van der Waals surface area contributed by atoms with Crippen LogP contribution in [0.5, 0.6) is 0 Å². The van der Waals surface area contributed by atoms with Crippen LogP contribution in [0.25, 0.3) is 0 Å². The molecule has 35 heavy (non-hydrogen) atoms. The lowest BCUT2D eigenvalue weighted by Gasteiger charge is -2.27. The molecule has 1 atom stereocenters. The Hall–Kier alpha value is -1.06. The quantitative estimate of drug-likeness (QED) is 0.113. The Balaban J connectivity index is 2.29. The smallest absolute Gasteiger partial charge is 0.309 e. The monoisotopic (exact) mass is 494 g/mol. The minimum Gasteiger partial charge on any atom is -0.481 e. The molecule has 4 nitrogen and oxygen atoms in total. The number of hydrogen-bond acceptors (Lipinski definition) is 3. The fourth-order valence-electron chi connectivity index (χ4n) is 5.46. The highest BCUT2D eigenvalue weighted by molar-refractivity contribution is 5.74. The second-order valence-corrected chi connectivity index (χ2v) is 11.2. The van der Waals surface area contributed by atoms with Gasteiger partial charge in [-0.25, -0.2) is 0 Å². The molecule has 1 fully saturated rings. The van der Waals surface area contributed by atoms with Crippen LogP contribution in [-0.2, 0) is 14.3 Å². The number of hydrogen-bond donors (Lipinski definition) is 1. The van der Waals surface area contributed by atoms with Crippen LogP contribution in [0.4, 0.5) is 0 Å². The average Bonchev–Trinajstić information content (AvgIpc) is 2.86. The van der Waals surface area contributed by atoms with Crippen molar-refractivity contribution in [2.75, 3.05) is 0 Å². The van der Waals surface area contributed by atoms with E-state index in [1.807, 2.05) is 0 Å². The molecule has 4 heteroatoms. The molecule has 0 spiro atoms. The van der Waals surface area contributed by atoms with Crippen molar-refractivity contribution in [3.05, 3.63) is 0 Å². The molecular formula is C31H58O4. The predicted octanol–water partition coefficient (Wildman–Crippen LogP) is 9.63. The predicted molar refractivity (Wildman–Crippen MR) is 147 cm³/mol. The van der Waals surface area contributed by atoms with Crippen molar-refractivity contribution in [2.24, 2.45) is 11.8 Å². The largest absolute Gasteiger partial charge is 0.481 e. The van der Waals surface area contributed by atoms with E-state index in [4.69, 9.17) is 4.74 Å². The number of carbonyl (C=O) groups excluding carboxylic acids is 1. The van der Waals surface area contributed by atoms with Gasteiger partial charge in [0.2, 0.25) is 0 Å². The van der Waals surface area contributed by atoms with Gasteiger partial charge in [0.25, 0.3) is 0 Å². The summed E-state index contributed by atoms with van der Waals surface area (Å²) in [5.41, 5.74) is 0. The van der Waals surface area contributed by atoms with E-state index in [1.54, 1.807) is 0 Å². The summed E-state index contributed by atoms with van der Waals surface area (Å²) >= 11 is 0. The second-order valence-electron chi connectivity index (χ2n) is 11.2. The van der Waals surface area contributed by atoms with Gasteiger partial charge in [0, 0.05) is 0 Å². The maximum Gasteiger partial charge on any atom is 0.309 e. The van der Waals surface area contributed by atoms with Crippen LogP contribution in [0.3, 0.4) is 0 Å². The highest BCUT2D eigenvalue weighted by atomic mass is 16.5. The first-order valence-electron chi connectivity index (χ1n) is 15.5. The summed E-state index contributed by atoms with van der Waals surface area (Å²) in [7, 11) is 0. The Bertz CT molecular complexity index is 510. The molecule has 1 unspecified atom stereocenters. The molecule has 0 saturated heterocycles. The lowest BCUT2D eigenvalue weighted by atomic mass is 9.82. The van der Waals surface area contributed by atoms with Gasteiger partial charge in [-0.05, 0) is 51.4 Å². The van der Waals surface area contributed by atoms with E-state index in [0.717, 1.165) is 25.7 Å². The Morgan fingerprint density at radius 1 is 0.600 bits per heavy atom. The van der Waals surface area contributed by atoms with E-state index in [1.165, 1.54) is 103 Å². The van der Waals surface area contributed by atoms with E-state index in [0.29, 0.717) is 25.7 Å². The van der Waals surface area contributed by atoms with Crippen molar-refractivity contribution in [1.29, 1.82) is 0 Å². The first-order valence-corrected chi connectivity index (χ1v) is 15.5. The highest BCUT2D eigenvalue weighted by Crippen LogP contribution is 2.30. The highest BCUT2D eigenvalue weighted by Gasteiger charge is 2.31. The molecule has 0 radical (unpaired) electrons. The minimum absolute atomic E-state index is 0.0498. The van der Waals surface area contributed by atoms with Crippen LogP contribution < -0.4 is 0 Å². The Labute approximate surface area is 217 Å². The number of carboxylic acids is 1. The topological polar surface area (TPSA) is 63.6 Å². The maximum atomic E-state index is 12.8. The molecule has 0 amide bonds. The van der Waals surface area contributed by atoms with E-state index in [9.17, 15) is 14.7 Å². The van der Waals surface area contributed by atoms with E-state index >= 15 is 0 Å². The van der Waals surface area contributed by atoms with E-state index in [-0.39, 0.29) is 23.9 Å². The van der Waals surface area contributed by atoms with Crippen LogP contribution in [0, 0.1) is 11.8 Å². The fraction of sp³-hybridized carbons (Fsp3) is 0.935. The number of ether oxygens (including phenoxy) is 1. The van der Waals surface area contributed by atoms with Crippen molar-refractivity contribution in [2.45, 2.75) is 174 Å². The normalized spacial score (nSPS) is 18.9. The van der Waals surface area contributed by atoms with Gasteiger partial charge in [-0.15, -0.1) is 0 Å². The molecule has 1 N–H and O–H groups in total. The van der Waals surface area contributed by atoms with E-state index < -0.39 is 5.97 Å². The van der Waals surface area contributed by atoms with Crippen molar-refractivity contribution in [1.82, 2.24) is 0 Å². The summed E-state index contributed by atoms with van der Waals surface area (Å²) in [6.45, 7) is 4.52. The van der Waals surface area contributed by atoms with Gasteiger partial charge in [-0.1, -0.05) is 117 Å². The summed E-state index contributed by atoms with van der Waals surface area (Å²) in [5, 5.41) is 9.22.